The van der Waals surface area contributed by atoms with Crippen LogP contribution in [0.3, 0.4) is 0 Å². The molecule has 0 bridgehead atoms. The standard InChI is InChI=1S/C16H18N4O2/c21-20(22)15-7-4-8-17-16(15)19-11-9-18(10-12-19)13-14-5-2-1-3-6-14/h1-8H,9-13H2/p+2. The van der Waals surface area contributed by atoms with E-state index in [9.17, 15) is 10.1 Å². The zero-order valence-electron chi connectivity index (χ0n) is 12.4. The van der Waals surface area contributed by atoms with Crippen LogP contribution in [0.5, 0.6) is 0 Å². The lowest BCUT2D eigenvalue weighted by atomic mass is 10.2. The van der Waals surface area contributed by atoms with Crippen molar-refractivity contribution in [1.29, 1.82) is 0 Å². The number of hydrogen-bond donors (Lipinski definition) is 1. The van der Waals surface area contributed by atoms with E-state index in [0.29, 0.717) is 5.82 Å². The summed E-state index contributed by atoms with van der Waals surface area (Å²) in [4.78, 5) is 17.4. The van der Waals surface area contributed by atoms with Crippen molar-refractivity contribution in [2.45, 2.75) is 6.54 Å². The first kappa shape index (κ1) is 14.5. The van der Waals surface area contributed by atoms with Crippen LogP contribution >= 0.6 is 0 Å². The summed E-state index contributed by atoms with van der Waals surface area (Å²) in [6, 6.07) is 13.7. The minimum atomic E-state index is -0.324. The molecule has 114 valence electrons. The number of nitrogens with zero attached hydrogens (tertiary/aromatic N) is 2. The van der Waals surface area contributed by atoms with E-state index in [1.165, 1.54) is 10.5 Å². The number of benzene rings is 1. The average molecular weight is 300 g/mol. The number of anilines is 1. The first-order chi connectivity index (χ1) is 10.7. The van der Waals surface area contributed by atoms with E-state index >= 15 is 0 Å². The minimum Gasteiger partial charge on any atom is -0.325 e. The van der Waals surface area contributed by atoms with Crippen molar-refractivity contribution in [3.63, 3.8) is 0 Å². The van der Waals surface area contributed by atoms with Crippen LogP contribution in [-0.2, 0) is 6.54 Å². The van der Waals surface area contributed by atoms with E-state index < -0.39 is 0 Å². The molecule has 2 N–H and O–H groups in total. The summed E-state index contributed by atoms with van der Waals surface area (Å²) in [5.74, 6) is 0.617. The predicted molar refractivity (Wildman–Crippen MR) is 82.7 cm³/mol. The third kappa shape index (κ3) is 3.23. The quantitative estimate of drug-likeness (QED) is 0.653. The number of aromatic amines is 1. The number of piperazine rings is 1. The molecule has 0 amide bonds. The molecule has 0 saturated carbocycles. The van der Waals surface area contributed by atoms with Crippen molar-refractivity contribution in [3.05, 3.63) is 64.3 Å². The molecular formula is C16H20N4O2+2. The summed E-state index contributed by atoms with van der Waals surface area (Å²) in [7, 11) is 0. The molecule has 0 unspecified atom stereocenters. The number of hydrogen-bond acceptors (Lipinski definition) is 3. The van der Waals surface area contributed by atoms with Crippen LogP contribution in [0.2, 0.25) is 0 Å². The lowest BCUT2D eigenvalue weighted by Crippen LogP contribution is -3.13. The summed E-state index contributed by atoms with van der Waals surface area (Å²) >= 11 is 0. The molecule has 2 heterocycles. The fourth-order valence-electron chi connectivity index (χ4n) is 2.93. The minimum absolute atomic E-state index is 0.147. The number of H-pyrrole nitrogens is 1. The van der Waals surface area contributed by atoms with Gasteiger partial charge in [-0.05, 0) is 6.07 Å². The van der Waals surface area contributed by atoms with Crippen molar-refractivity contribution in [2.75, 3.05) is 31.1 Å². The number of nitro groups is 1. The van der Waals surface area contributed by atoms with Gasteiger partial charge in [-0.25, -0.2) is 9.88 Å². The highest BCUT2D eigenvalue weighted by atomic mass is 16.6. The first-order valence-corrected chi connectivity index (χ1v) is 7.51. The van der Waals surface area contributed by atoms with Gasteiger partial charge < -0.3 is 4.90 Å². The molecule has 0 aliphatic carbocycles. The van der Waals surface area contributed by atoms with Gasteiger partial charge in [-0.2, -0.15) is 0 Å². The van der Waals surface area contributed by atoms with E-state index in [1.807, 2.05) is 6.07 Å². The maximum Gasteiger partial charge on any atom is 0.357 e. The van der Waals surface area contributed by atoms with Crippen LogP contribution in [0.4, 0.5) is 11.5 Å². The Kier molecular flexibility index (Phi) is 4.29. The number of nitrogens with one attached hydrogen (secondary N) is 2. The van der Waals surface area contributed by atoms with E-state index in [0.717, 1.165) is 32.7 Å². The Bertz CT molecular complexity index is 640. The predicted octanol–water partition coefficient (Wildman–Crippen LogP) is 0.314. The molecule has 2 aromatic rings. The van der Waals surface area contributed by atoms with Crippen molar-refractivity contribution in [2.24, 2.45) is 0 Å². The van der Waals surface area contributed by atoms with Crippen LogP contribution in [0.15, 0.2) is 48.7 Å². The lowest BCUT2D eigenvalue weighted by Gasteiger charge is -2.28. The molecule has 3 rings (SSSR count). The molecule has 1 aliphatic rings. The molecule has 0 radical (unpaired) electrons. The highest BCUT2D eigenvalue weighted by Gasteiger charge is 2.32. The third-order valence-corrected chi connectivity index (χ3v) is 4.09. The molecule has 1 fully saturated rings. The molecular weight excluding hydrogens is 280 g/mol. The molecule has 0 atom stereocenters. The van der Waals surface area contributed by atoms with Gasteiger partial charge in [0.25, 0.3) is 0 Å². The zero-order chi connectivity index (χ0) is 15.4. The van der Waals surface area contributed by atoms with Crippen LogP contribution in [0, 0.1) is 10.1 Å². The Morgan fingerprint density at radius 2 is 1.86 bits per heavy atom. The first-order valence-electron chi connectivity index (χ1n) is 7.51. The van der Waals surface area contributed by atoms with Crippen LogP contribution < -0.4 is 14.8 Å². The topological polar surface area (TPSA) is 65.0 Å². The largest absolute Gasteiger partial charge is 0.357 e. The van der Waals surface area contributed by atoms with Gasteiger partial charge >= 0.3 is 11.5 Å². The van der Waals surface area contributed by atoms with Gasteiger partial charge in [-0.3, -0.25) is 10.1 Å². The second kappa shape index (κ2) is 6.53. The monoisotopic (exact) mass is 300 g/mol. The summed E-state index contributed by atoms with van der Waals surface area (Å²) in [6.45, 7) is 4.62. The van der Waals surface area contributed by atoms with Gasteiger partial charge in [-0.1, -0.05) is 30.3 Å². The third-order valence-electron chi connectivity index (χ3n) is 4.09. The smallest absolute Gasteiger partial charge is 0.325 e. The molecule has 1 aliphatic heterocycles. The van der Waals surface area contributed by atoms with Crippen molar-refractivity contribution >= 4 is 11.5 Å². The van der Waals surface area contributed by atoms with Crippen LogP contribution in [0.25, 0.3) is 0 Å². The summed E-state index contributed by atoms with van der Waals surface area (Å²) in [6.07, 6.45) is 1.74. The van der Waals surface area contributed by atoms with Crippen LogP contribution in [0.1, 0.15) is 5.56 Å². The molecule has 1 aromatic heterocycles. The SMILES string of the molecule is O=[N+]([O-])c1ccc[nH+]c1N1CC[NH+](Cc2ccccc2)CC1. The summed E-state index contributed by atoms with van der Waals surface area (Å²) in [5.41, 5.74) is 1.48. The molecule has 0 spiro atoms. The van der Waals surface area contributed by atoms with E-state index in [1.54, 1.807) is 18.3 Å². The van der Waals surface area contributed by atoms with Gasteiger partial charge in [-0.15, -0.1) is 0 Å². The average Bonchev–Trinajstić information content (AvgIpc) is 2.56. The highest BCUT2D eigenvalue weighted by molar-refractivity contribution is 5.53. The Labute approximate surface area is 129 Å². The molecule has 1 aromatic carbocycles. The number of quaternary nitrogens is 1. The summed E-state index contributed by atoms with van der Waals surface area (Å²) < 4.78 is 0. The van der Waals surface area contributed by atoms with Gasteiger partial charge in [0.2, 0.25) is 0 Å². The van der Waals surface area contributed by atoms with Crippen LogP contribution in [-0.4, -0.2) is 31.1 Å². The van der Waals surface area contributed by atoms with Gasteiger partial charge in [0.15, 0.2) is 0 Å². The van der Waals surface area contributed by atoms with Crippen molar-refractivity contribution in [3.8, 4) is 0 Å². The van der Waals surface area contributed by atoms with Gasteiger partial charge in [0.1, 0.15) is 32.7 Å². The zero-order valence-corrected chi connectivity index (χ0v) is 12.4. The number of pyridine rings is 1. The number of rotatable bonds is 4. The number of aromatic nitrogens is 1. The fourth-order valence-corrected chi connectivity index (χ4v) is 2.93. The van der Waals surface area contributed by atoms with Gasteiger partial charge in [0, 0.05) is 11.6 Å². The van der Waals surface area contributed by atoms with E-state index in [2.05, 4.69) is 34.1 Å². The van der Waals surface area contributed by atoms with E-state index in [-0.39, 0.29) is 10.6 Å². The second-order valence-electron chi connectivity index (χ2n) is 5.56. The molecule has 6 heteroatoms. The van der Waals surface area contributed by atoms with Crippen molar-refractivity contribution < 1.29 is 14.8 Å². The molecule has 6 nitrogen and oxygen atoms in total. The maximum absolute atomic E-state index is 11.1. The second-order valence-corrected chi connectivity index (χ2v) is 5.56. The maximum atomic E-state index is 11.1. The Morgan fingerprint density at radius 1 is 1.14 bits per heavy atom. The fraction of sp³-hybridized carbons (Fsp3) is 0.312. The highest BCUT2D eigenvalue weighted by Crippen LogP contribution is 2.21. The Morgan fingerprint density at radius 3 is 2.55 bits per heavy atom. The van der Waals surface area contributed by atoms with Gasteiger partial charge in [0.05, 0.1) is 11.1 Å². The molecule has 1 saturated heterocycles. The normalized spacial score (nSPS) is 15.7. The molecule has 22 heavy (non-hydrogen) atoms. The lowest BCUT2D eigenvalue weighted by molar-refractivity contribution is -0.914. The van der Waals surface area contributed by atoms with Crippen molar-refractivity contribution in [1.82, 2.24) is 0 Å². The Balaban J connectivity index is 1.64. The Hall–Kier alpha value is -2.47. The van der Waals surface area contributed by atoms with E-state index in [4.69, 9.17) is 0 Å². The summed E-state index contributed by atoms with van der Waals surface area (Å²) in [5, 5.41) is 11.1.